The number of aromatic nitrogens is 2. The van der Waals surface area contributed by atoms with Crippen LogP contribution in [-0.4, -0.2) is 66.0 Å². The number of benzene rings is 1. The van der Waals surface area contributed by atoms with Crippen molar-refractivity contribution in [2.24, 2.45) is 0 Å². The van der Waals surface area contributed by atoms with Crippen molar-refractivity contribution in [2.75, 3.05) is 39.3 Å². The van der Waals surface area contributed by atoms with Crippen LogP contribution in [-0.2, 0) is 9.59 Å². The molecule has 2 amide bonds. The van der Waals surface area contributed by atoms with Gasteiger partial charge in [0.1, 0.15) is 17.2 Å². The summed E-state index contributed by atoms with van der Waals surface area (Å²) in [6.45, 7) is 5.13. The number of amides is 2. The number of hydrogen-bond donors (Lipinski definition) is 0. The average molecular weight is 534 g/mol. The van der Waals surface area contributed by atoms with E-state index in [1.165, 1.54) is 6.08 Å². The van der Waals surface area contributed by atoms with Gasteiger partial charge >= 0.3 is 0 Å². The molecule has 0 aliphatic carbocycles. The zero-order valence-electron chi connectivity index (χ0n) is 21.3. The Kier molecular flexibility index (Phi) is 6.80. The van der Waals surface area contributed by atoms with Crippen molar-refractivity contribution in [3.63, 3.8) is 0 Å². The number of fused-ring (bicyclic) bond motifs is 1. The van der Waals surface area contributed by atoms with Crippen LogP contribution in [0, 0.1) is 6.92 Å². The first kappa shape index (κ1) is 25.1. The van der Waals surface area contributed by atoms with Crippen molar-refractivity contribution in [2.45, 2.75) is 13.8 Å². The minimum Gasteiger partial charge on any atom is -0.492 e. The van der Waals surface area contributed by atoms with Crippen LogP contribution in [0.15, 0.2) is 53.4 Å². The van der Waals surface area contributed by atoms with Gasteiger partial charge in [-0.3, -0.25) is 14.6 Å². The molecular weight excluding hydrogens is 506 g/mol. The van der Waals surface area contributed by atoms with E-state index in [1.54, 1.807) is 41.7 Å². The number of carbonyl (C=O) groups excluding carboxylic acids is 2. The normalized spacial score (nSPS) is 13.7. The van der Waals surface area contributed by atoms with Crippen LogP contribution in [0.1, 0.15) is 12.5 Å². The highest BCUT2D eigenvalue weighted by molar-refractivity contribution is 7.22. The zero-order chi connectivity index (χ0) is 26.3. The molecule has 4 aromatic rings. The lowest BCUT2D eigenvalue weighted by Crippen LogP contribution is -2.45. The van der Waals surface area contributed by atoms with Crippen LogP contribution in [0.2, 0.25) is 0 Å². The van der Waals surface area contributed by atoms with Gasteiger partial charge in [-0.25, -0.2) is 9.97 Å². The Labute approximate surface area is 223 Å². The number of imide groups is 1. The number of rotatable bonds is 8. The van der Waals surface area contributed by atoms with Crippen molar-refractivity contribution in [3.8, 4) is 26.9 Å². The summed E-state index contributed by atoms with van der Waals surface area (Å²) >= 11 is 3.11. The van der Waals surface area contributed by atoms with E-state index in [2.05, 4.69) is 4.90 Å². The molecule has 0 unspecified atom stereocenters. The van der Waals surface area contributed by atoms with Gasteiger partial charge in [0.2, 0.25) is 0 Å². The van der Waals surface area contributed by atoms with E-state index >= 15 is 0 Å². The van der Waals surface area contributed by atoms with Gasteiger partial charge in [-0.2, -0.15) is 5.01 Å². The number of likely N-dealkylation sites (N-methyl/N-ethyl adjacent to an activating group) is 1. The minimum absolute atomic E-state index is 0.352. The van der Waals surface area contributed by atoms with Gasteiger partial charge in [-0.05, 0) is 74.8 Å². The summed E-state index contributed by atoms with van der Waals surface area (Å²) in [7, 11) is 5.73. The second-order valence-corrected chi connectivity index (χ2v) is 11.0. The van der Waals surface area contributed by atoms with Gasteiger partial charge in [0.15, 0.2) is 11.6 Å². The molecule has 0 saturated carbocycles. The lowest BCUT2D eigenvalue weighted by Gasteiger charge is -2.28. The summed E-state index contributed by atoms with van der Waals surface area (Å²) in [5.74, 6) is 1.16. The van der Waals surface area contributed by atoms with Crippen LogP contribution in [0.4, 0.5) is 5.82 Å². The van der Waals surface area contributed by atoms with Crippen molar-refractivity contribution >= 4 is 50.5 Å². The average Bonchev–Trinajstić information content (AvgIpc) is 3.58. The van der Waals surface area contributed by atoms with Gasteiger partial charge in [0, 0.05) is 30.1 Å². The number of nitrogens with zero attached hydrogens (tertiary/aromatic N) is 5. The quantitative estimate of drug-likeness (QED) is 0.295. The van der Waals surface area contributed by atoms with Crippen LogP contribution in [0.25, 0.3) is 31.4 Å². The largest absolute Gasteiger partial charge is 0.492 e. The van der Waals surface area contributed by atoms with Crippen LogP contribution in [0.5, 0.6) is 5.75 Å². The lowest BCUT2D eigenvalue weighted by atomic mass is 10.1. The third kappa shape index (κ3) is 4.75. The summed E-state index contributed by atoms with van der Waals surface area (Å²) < 4.78 is 5.85. The first-order chi connectivity index (χ1) is 17.7. The van der Waals surface area contributed by atoms with Crippen LogP contribution < -0.4 is 9.75 Å². The summed E-state index contributed by atoms with van der Waals surface area (Å²) in [6, 6.07) is 11.9. The number of hydrogen-bond acceptors (Lipinski definition) is 9. The Bertz CT molecular complexity index is 1510. The van der Waals surface area contributed by atoms with Crippen LogP contribution >= 0.6 is 22.7 Å². The fourth-order valence-electron chi connectivity index (χ4n) is 4.15. The van der Waals surface area contributed by atoms with E-state index in [0.29, 0.717) is 23.8 Å². The SMILES string of the molecule is CC1=CC(=O)N(N(C)c2nc(-c3cccs3)nc3sc(-c4ccc(OCCN(C)C)cc4)c(C)c23)C1=O. The molecular formula is C27H27N5O3S2. The highest BCUT2D eigenvalue weighted by atomic mass is 32.1. The molecule has 8 nitrogen and oxygen atoms in total. The monoisotopic (exact) mass is 533 g/mol. The fourth-order valence-corrected chi connectivity index (χ4v) is 5.98. The molecule has 0 radical (unpaired) electrons. The number of thiophene rings is 2. The Hall–Kier alpha value is -3.60. The third-order valence-electron chi connectivity index (χ3n) is 6.12. The van der Waals surface area contributed by atoms with Crippen molar-refractivity contribution < 1.29 is 14.3 Å². The maximum absolute atomic E-state index is 12.8. The molecule has 10 heteroatoms. The summed E-state index contributed by atoms with van der Waals surface area (Å²) in [4.78, 5) is 40.0. The molecule has 1 aromatic carbocycles. The molecule has 37 heavy (non-hydrogen) atoms. The van der Waals surface area contributed by atoms with Crippen molar-refractivity contribution in [3.05, 3.63) is 59.0 Å². The Morgan fingerprint density at radius 3 is 2.41 bits per heavy atom. The highest BCUT2D eigenvalue weighted by Crippen LogP contribution is 2.43. The molecule has 190 valence electrons. The summed E-state index contributed by atoms with van der Waals surface area (Å²) in [5, 5.41) is 5.47. The van der Waals surface area contributed by atoms with E-state index in [-0.39, 0.29) is 11.8 Å². The molecule has 3 aromatic heterocycles. The highest BCUT2D eigenvalue weighted by Gasteiger charge is 2.34. The van der Waals surface area contributed by atoms with Gasteiger partial charge in [-0.15, -0.1) is 22.7 Å². The molecule has 0 spiro atoms. The predicted molar refractivity (Wildman–Crippen MR) is 149 cm³/mol. The van der Waals surface area contributed by atoms with Gasteiger partial charge < -0.3 is 9.64 Å². The van der Waals surface area contributed by atoms with E-state index in [9.17, 15) is 9.59 Å². The molecule has 0 atom stereocenters. The molecule has 5 rings (SSSR count). The fraction of sp³-hybridized carbons (Fsp3) is 0.259. The number of ether oxygens (including phenoxy) is 1. The topological polar surface area (TPSA) is 78.9 Å². The summed E-state index contributed by atoms with van der Waals surface area (Å²) in [5.41, 5.74) is 2.43. The van der Waals surface area contributed by atoms with E-state index in [1.807, 2.05) is 62.8 Å². The number of hydrazine groups is 1. The standard InChI is InChI=1S/C27H27N5O3S2/c1-16-15-21(33)32(27(16)34)31(5)25-22-17(2)23(18-8-10-19(11-9-18)35-13-12-30(3)4)37-26(22)29-24(28-25)20-7-6-14-36-20/h6-11,14-15H,12-13H2,1-5H3. The number of aryl methyl sites for hydroxylation is 1. The van der Waals surface area contributed by atoms with Gasteiger partial charge in [-0.1, -0.05) is 6.07 Å². The second-order valence-electron chi connectivity index (χ2n) is 9.07. The summed E-state index contributed by atoms with van der Waals surface area (Å²) in [6.07, 6.45) is 1.35. The molecule has 0 bridgehead atoms. The molecule has 4 heterocycles. The van der Waals surface area contributed by atoms with Crippen molar-refractivity contribution in [1.29, 1.82) is 0 Å². The van der Waals surface area contributed by atoms with Gasteiger partial charge in [0.05, 0.1) is 10.3 Å². The Morgan fingerprint density at radius 2 is 1.78 bits per heavy atom. The number of carbonyl (C=O) groups is 2. The first-order valence-electron chi connectivity index (χ1n) is 11.8. The van der Waals surface area contributed by atoms with Gasteiger partial charge in [0.25, 0.3) is 11.8 Å². The van der Waals surface area contributed by atoms with E-state index in [0.717, 1.165) is 48.4 Å². The molecule has 0 saturated heterocycles. The maximum atomic E-state index is 12.8. The predicted octanol–water partition coefficient (Wildman–Crippen LogP) is 5.00. The lowest BCUT2D eigenvalue weighted by molar-refractivity contribution is -0.137. The second kappa shape index (κ2) is 10.0. The first-order valence-corrected chi connectivity index (χ1v) is 13.5. The Balaban J connectivity index is 1.58. The smallest absolute Gasteiger partial charge is 0.275 e. The molecule has 0 N–H and O–H groups in total. The van der Waals surface area contributed by atoms with E-state index in [4.69, 9.17) is 14.7 Å². The minimum atomic E-state index is -0.382. The molecule has 1 aliphatic heterocycles. The van der Waals surface area contributed by atoms with Crippen molar-refractivity contribution in [1.82, 2.24) is 19.9 Å². The van der Waals surface area contributed by atoms with Crippen LogP contribution in [0.3, 0.4) is 0 Å². The third-order valence-corrected chi connectivity index (χ3v) is 8.22. The number of anilines is 1. The zero-order valence-corrected chi connectivity index (χ0v) is 22.9. The Morgan fingerprint density at radius 1 is 1.03 bits per heavy atom. The molecule has 0 fully saturated rings. The van der Waals surface area contributed by atoms with E-state index < -0.39 is 0 Å². The maximum Gasteiger partial charge on any atom is 0.275 e. The molecule has 1 aliphatic rings.